The Balaban J connectivity index is 0.00000364. The van der Waals surface area contributed by atoms with Gasteiger partial charge in [-0.25, -0.2) is 4.98 Å². The maximum Gasteiger partial charge on any atom is 0.191 e. The average Bonchev–Trinajstić information content (AvgIpc) is 3.08. The number of benzene rings is 1. The Morgan fingerprint density at radius 1 is 1.19 bits per heavy atom. The highest BCUT2D eigenvalue weighted by atomic mass is 127. The zero-order valence-corrected chi connectivity index (χ0v) is 18.8. The van der Waals surface area contributed by atoms with E-state index >= 15 is 0 Å². The summed E-state index contributed by atoms with van der Waals surface area (Å²) in [6.45, 7) is 4.51. The second-order valence-corrected chi connectivity index (χ2v) is 5.91. The molecule has 8 heteroatoms. The summed E-state index contributed by atoms with van der Waals surface area (Å²) in [5.74, 6) is 3.41. The Hall–Kier alpha value is -1.97. The van der Waals surface area contributed by atoms with E-state index in [1.165, 1.54) is 0 Å². The molecular formula is C19H30IN5O2. The molecule has 0 unspecified atom stereocenters. The van der Waals surface area contributed by atoms with Crippen LogP contribution in [-0.4, -0.2) is 43.3 Å². The molecule has 0 saturated carbocycles. The number of aliphatic imine (C=N–C) groups is 1. The third kappa shape index (κ3) is 7.28. The highest BCUT2D eigenvalue weighted by Gasteiger charge is 2.06. The van der Waals surface area contributed by atoms with Crippen LogP contribution in [0, 0.1) is 6.92 Å². The van der Waals surface area contributed by atoms with Gasteiger partial charge in [0.15, 0.2) is 5.96 Å². The molecule has 0 fully saturated rings. The van der Waals surface area contributed by atoms with E-state index in [9.17, 15) is 0 Å². The molecule has 2 N–H and O–H groups in total. The fourth-order valence-electron chi connectivity index (χ4n) is 2.65. The molecule has 0 aliphatic rings. The van der Waals surface area contributed by atoms with Crippen molar-refractivity contribution in [2.45, 2.75) is 32.9 Å². The first-order valence-electron chi connectivity index (χ1n) is 8.81. The summed E-state index contributed by atoms with van der Waals surface area (Å²) in [7, 11) is 5.08. The first-order valence-corrected chi connectivity index (χ1v) is 8.81. The molecule has 7 nitrogen and oxygen atoms in total. The Morgan fingerprint density at radius 2 is 2.00 bits per heavy atom. The first kappa shape index (κ1) is 23.1. The topological polar surface area (TPSA) is 72.7 Å². The number of hydrogen-bond acceptors (Lipinski definition) is 4. The summed E-state index contributed by atoms with van der Waals surface area (Å²) in [4.78, 5) is 8.50. The molecule has 1 aromatic heterocycles. The zero-order valence-electron chi connectivity index (χ0n) is 16.5. The van der Waals surface area contributed by atoms with Crippen molar-refractivity contribution in [2.75, 3.05) is 27.8 Å². The number of aromatic nitrogens is 2. The van der Waals surface area contributed by atoms with Gasteiger partial charge >= 0.3 is 0 Å². The van der Waals surface area contributed by atoms with E-state index < -0.39 is 0 Å². The third-order valence-electron chi connectivity index (χ3n) is 4.21. The third-order valence-corrected chi connectivity index (χ3v) is 4.21. The normalized spacial score (nSPS) is 10.9. The van der Waals surface area contributed by atoms with Crippen molar-refractivity contribution in [1.29, 1.82) is 0 Å². The maximum atomic E-state index is 5.42. The molecule has 0 aliphatic carbocycles. The minimum absolute atomic E-state index is 0. The van der Waals surface area contributed by atoms with Crippen molar-refractivity contribution in [3.63, 3.8) is 0 Å². The Bertz CT molecular complexity index is 718. The molecule has 2 rings (SSSR count). The van der Waals surface area contributed by atoms with E-state index in [1.54, 1.807) is 21.3 Å². The SMILES string of the molecule is CN=C(NCCCCn1ccnc1C)NCc1ccc(OC)cc1OC.I. The van der Waals surface area contributed by atoms with E-state index in [4.69, 9.17) is 9.47 Å². The smallest absolute Gasteiger partial charge is 0.191 e. The number of nitrogens with zero attached hydrogens (tertiary/aromatic N) is 3. The zero-order chi connectivity index (χ0) is 18.8. The number of rotatable bonds is 9. The summed E-state index contributed by atoms with van der Waals surface area (Å²) in [5, 5.41) is 6.66. The standard InChI is InChI=1S/C19H29N5O2.HI/c1-15-21-10-12-24(15)11-6-5-9-22-19(20-2)23-14-16-7-8-17(25-3)13-18(16)26-4;/h7-8,10,12-13H,5-6,9,11,14H2,1-4H3,(H2,20,22,23);1H. The van der Waals surface area contributed by atoms with Crippen molar-refractivity contribution in [1.82, 2.24) is 20.2 Å². The van der Waals surface area contributed by atoms with E-state index in [0.29, 0.717) is 6.54 Å². The Kier molecular flexibility index (Phi) is 10.6. The van der Waals surface area contributed by atoms with Gasteiger partial charge in [0.1, 0.15) is 17.3 Å². The van der Waals surface area contributed by atoms with Crippen LogP contribution in [0.1, 0.15) is 24.2 Å². The van der Waals surface area contributed by atoms with Gasteiger partial charge in [0, 0.05) is 50.7 Å². The molecule has 0 bridgehead atoms. The molecule has 2 aromatic rings. The van der Waals surface area contributed by atoms with Gasteiger partial charge in [0.05, 0.1) is 14.2 Å². The molecule has 1 heterocycles. The van der Waals surface area contributed by atoms with Crippen LogP contribution in [0.2, 0.25) is 0 Å². The minimum Gasteiger partial charge on any atom is -0.497 e. The molecular weight excluding hydrogens is 457 g/mol. The Morgan fingerprint density at radius 3 is 2.63 bits per heavy atom. The van der Waals surface area contributed by atoms with Gasteiger partial charge < -0.3 is 24.7 Å². The summed E-state index contributed by atoms with van der Waals surface area (Å²) in [5.41, 5.74) is 1.05. The lowest BCUT2D eigenvalue weighted by Crippen LogP contribution is -2.37. The van der Waals surface area contributed by atoms with E-state index in [2.05, 4.69) is 25.2 Å². The van der Waals surface area contributed by atoms with Gasteiger partial charge in [-0.05, 0) is 31.9 Å². The number of ether oxygens (including phenoxy) is 2. The number of nitrogens with one attached hydrogen (secondary N) is 2. The molecule has 0 amide bonds. The molecule has 0 radical (unpaired) electrons. The van der Waals surface area contributed by atoms with Crippen molar-refractivity contribution in [2.24, 2.45) is 4.99 Å². The molecule has 0 aliphatic heterocycles. The lowest BCUT2D eigenvalue weighted by molar-refractivity contribution is 0.390. The van der Waals surface area contributed by atoms with Crippen LogP contribution in [0.3, 0.4) is 0 Å². The predicted octanol–water partition coefficient (Wildman–Crippen LogP) is 2.97. The molecule has 1 aromatic carbocycles. The average molecular weight is 487 g/mol. The van der Waals surface area contributed by atoms with Gasteiger partial charge in [-0.3, -0.25) is 4.99 Å². The highest BCUT2D eigenvalue weighted by molar-refractivity contribution is 14.0. The molecule has 0 spiro atoms. The van der Waals surface area contributed by atoms with Gasteiger partial charge in [0.25, 0.3) is 0 Å². The van der Waals surface area contributed by atoms with Crippen molar-refractivity contribution < 1.29 is 9.47 Å². The number of unbranched alkanes of at least 4 members (excludes halogenated alkanes) is 1. The van der Waals surface area contributed by atoms with Gasteiger partial charge in [0.2, 0.25) is 0 Å². The van der Waals surface area contributed by atoms with E-state index in [-0.39, 0.29) is 24.0 Å². The second kappa shape index (κ2) is 12.4. The van der Waals surface area contributed by atoms with Crippen LogP contribution in [-0.2, 0) is 13.1 Å². The molecule has 27 heavy (non-hydrogen) atoms. The second-order valence-electron chi connectivity index (χ2n) is 5.91. The van der Waals surface area contributed by atoms with E-state index in [0.717, 1.165) is 54.8 Å². The predicted molar refractivity (Wildman–Crippen MR) is 119 cm³/mol. The molecule has 0 saturated heterocycles. The van der Waals surface area contributed by atoms with Gasteiger partial charge in [-0.2, -0.15) is 0 Å². The number of halogens is 1. The van der Waals surface area contributed by atoms with Gasteiger partial charge in [-0.1, -0.05) is 0 Å². The minimum atomic E-state index is 0. The maximum absolute atomic E-state index is 5.42. The summed E-state index contributed by atoms with van der Waals surface area (Å²) >= 11 is 0. The quantitative estimate of drug-likeness (QED) is 0.246. The van der Waals surface area contributed by atoms with E-state index in [1.807, 2.05) is 37.5 Å². The summed E-state index contributed by atoms with van der Waals surface area (Å²) in [6, 6.07) is 5.80. The lowest BCUT2D eigenvalue weighted by atomic mass is 10.2. The fourth-order valence-corrected chi connectivity index (χ4v) is 2.65. The fraction of sp³-hybridized carbons (Fsp3) is 0.474. The van der Waals surface area contributed by atoms with Crippen LogP contribution in [0.25, 0.3) is 0 Å². The first-order chi connectivity index (χ1) is 12.7. The summed E-state index contributed by atoms with van der Waals surface area (Å²) < 4.78 is 12.8. The summed E-state index contributed by atoms with van der Waals surface area (Å²) in [6.07, 6.45) is 6.01. The van der Waals surface area contributed by atoms with Crippen molar-refractivity contribution in [3.8, 4) is 11.5 Å². The van der Waals surface area contributed by atoms with Crippen LogP contribution in [0.4, 0.5) is 0 Å². The number of imidazole rings is 1. The number of aryl methyl sites for hydroxylation is 2. The Labute approximate surface area is 178 Å². The number of hydrogen-bond donors (Lipinski definition) is 2. The monoisotopic (exact) mass is 487 g/mol. The number of guanidine groups is 1. The number of methoxy groups -OCH3 is 2. The van der Waals surface area contributed by atoms with Crippen molar-refractivity contribution >= 4 is 29.9 Å². The molecule has 150 valence electrons. The van der Waals surface area contributed by atoms with Gasteiger partial charge in [-0.15, -0.1) is 24.0 Å². The highest BCUT2D eigenvalue weighted by Crippen LogP contribution is 2.24. The lowest BCUT2D eigenvalue weighted by Gasteiger charge is -2.14. The largest absolute Gasteiger partial charge is 0.497 e. The van der Waals surface area contributed by atoms with Crippen LogP contribution in [0.5, 0.6) is 11.5 Å². The van der Waals surface area contributed by atoms with Crippen LogP contribution < -0.4 is 20.1 Å². The van der Waals surface area contributed by atoms with Crippen LogP contribution >= 0.6 is 24.0 Å². The van der Waals surface area contributed by atoms with Crippen molar-refractivity contribution in [3.05, 3.63) is 42.0 Å². The molecule has 0 atom stereocenters. The van der Waals surface area contributed by atoms with Crippen LogP contribution in [0.15, 0.2) is 35.6 Å².